The maximum absolute atomic E-state index is 11.8. The Morgan fingerprint density at radius 1 is 1.50 bits per heavy atom. The molecule has 2 N–H and O–H groups in total. The number of carbonyl (C=O) groups excluding carboxylic acids is 1. The summed E-state index contributed by atoms with van der Waals surface area (Å²) in [6, 6.07) is 5.00. The fraction of sp³-hybridized carbons (Fsp3) is 0.462. The number of hydrogen-bond donors (Lipinski definition) is 2. The van der Waals surface area contributed by atoms with E-state index in [1.807, 2.05) is 13.8 Å². The molecule has 1 amide bonds. The van der Waals surface area contributed by atoms with Crippen molar-refractivity contribution in [1.29, 1.82) is 0 Å². The smallest absolute Gasteiger partial charge is 0.251 e. The molecule has 0 aliphatic rings. The number of aliphatic hydroxyl groups excluding tert-OH is 1. The molecule has 0 bridgehead atoms. The summed E-state index contributed by atoms with van der Waals surface area (Å²) < 4.78 is 0.751. The van der Waals surface area contributed by atoms with Gasteiger partial charge >= 0.3 is 0 Å². The number of aliphatic hydroxyl groups is 1. The average Bonchev–Trinajstić information content (AvgIpc) is 2.28. The van der Waals surface area contributed by atoms with E-state index >= 15 is 0 Å². The van der Waals surface area contributed by atoms with Crippen molar-refractivity contribution >= 4 is 33.4 Å². The van der Waals surface area contributed by atoms with E-state index in [0.29, 0.717) is 22.9 Å². The van der Waals surface area contributed by atoms with Crippen LogP contribution in [0, 0.1) is 5.92 Å². The number of halogens is 2. The number of rotatable bonds is 5. The average molecular weight is 335 g/mol. The third kappa shape index (κ3) is 4.96. The van der Waals surface area contributed by atoms with Gasteiger partial charge in [-0.2, -0.15) is 0 Å². The van der Waals surface area contributed by atoms with Gasteiger partial charge in [0.05, 0.1) is 11.1 Å². The van der Waals surface area contributed by atoms with Crippen molar-refractivity contribution in [2.24, 2.45) is 5.92 Å². The molecule has 0 fully saturated rings. The van der Waals surface area contributed by atoms with Gasteiger partial charge in [0.2, 0.25) is 0 Å². The zero-order chi connectivity index (χ0) is 13.7. The summed E-state index contributed by atoms with van der Waals surface area (Å²) in [5.74, 6) is 0.172. The first-order valence-electron chi connectivity index (χ1n) is 5.81. The molecule has 0 spiro atoms. The van der Waals surface area contributed by atoms with Crippen molar-refractivity contribution < 1.29 is 9.90 Å². The van der Waals surface area contributed by atoms with Crippen LogP contribution < -0.4 is 5.32 Å². The van der Waals surface area contributed by atoms with E-state index in [1.54, 1.807) is 18.2 Å². The standard InChI is InChI=1S/C13H17BrClNO2/c1-8(2)5-10(17)7-16-13(18)9-3-4-11(14)12(15)6-9/h3-4,6,8,10,17H,5,7H2,1-2H3,(H,16,18). The minimum absolute atomic E-state index is 0.229. The van der Waals surface area contributed by atoms with E-state index in [-0.39, 0.29) is 12.5 Å². The number of amides is 1. The van der Waals surface area contributed by atoms with Gasteiger partial charge in [-0.3, -0.25) is 4.79 Å². The van der Waals surface area contributed by atoms with Gasteiger partial charge in [-0.05, 0) is 46.5 Å². The molecule has 5 heteroatoms. The van der Waals surface area contributed by atoms with E-state index in [1.165, 1.54) is 0 Å². The van der Waals surface area contributed by atoms with E-state index in [0.717, 1.165) is 4.47 Å². The second-order valence-electron chi connectivity index (χ2n) is 4.62. The van der Waals surface area contributed by atoms with Gasteiger partial charge in [-0.25, -0.2) is 0 Å². The second kappa shape index (κ2) is 7.12. The first-order chi connectivity index (χ1) is 8.40. The highest BCUT2D eigenvalue weighted by molar-refractivity contribution is 9.10. The zero-order valence-electron chi connectivity index (χ0n) is 10.4. The molecule has 0 aromatic heterocycles. The molecular weight excluding hydrogens is 318 g/mol. The molecule has 0 saturated heterocycles. The number of hydrogen-bond acceptors (Lipinski definition) is 2. The third-order valence-electron chi connectivity index (χ3n) is 2.42. The fourth-order valence-electron chi connectivity index (χ4n) is 1.58. The maximum atomic E-state index is 11.8. The highest BCUT2D eigenvalue weighted by Gasteiger charge is 2.11. The zero-order valence-corrected chi connectivity index (χ0v) is 12.8. The third-order valence-corrected chi connectivity index (χ3v) is 3.66. The van der Waals surface area contributed by atoms with Crippen molar-refractivity contribution in [2.45, 2.75) is 26.4 Å². The van der Waals surface area contributed by atoms with E-state index in [9.17, 15) is 9.90 Å². The van der Waals surface area contributed by atoms with Crippen LogP contribution >= 0.6 is 27.5 Å². The molecule has 18 heavy (non-hydrogen) atoms. The summed E-state index contributed by atoms with van der Waals surface area (Å²) in [5, 5.41) is 12.8. The van der Waals surface area contributed by atoms with Crippen LogP contribution in [0.2, 0.25) is 5.02 Å². The van der Waals surface area contributed by atoms with Gasteiger partial charge in [-0.1, -0.05) is 25.4 Å². The van der Waals surface area contributed by atoms with E-state index in [2.05, 4.69) is 21.2 Å². The summed E-state index contributed by atoms with van der Waals surface area (Å²) in [4.78, 5) is 11.8. The number of carbonyl (C=O) groups is 1. The molecule has 0 radical (unpaired) electrons. The maximum Gasteiger partial charge on any atom is 0.251 e. The van der Waals surface area contributed by atoms with Gasteiger partial charge in [0, 0.05) is 16.6 Å². The SMILES string of the molecule is CC(C)CC(O)CNC(=O)c1ccc(Br)c(Cl)c1. The first-order valence-corrected chi connectivity index (χ1v) is 6.98. The minimum Gasteiger partial charge on any atom is -0.391 e. The molecule has 1 atom stereocenters. The van der Waals surface area contributed by atoms with Gasteiger partial charge in [0.15, 0.2) is 0 Å². The summed E-state index contributed by atoms with van der Waals surface area (Å²) >= 11 is 9.18. The predicted octanol–water partition coefficient (Wildman–Crippen LogP) is 3.24. The number of nitrogens with one attached hydrogen (secondary N) is 1. The quantitative estimate of drug-likeness (QED) is 0.868. The van der Waals surface area contributed by atoms with Crippen LogP contribution in [0.25, 0.3) is 0 Å². The second-order valence-corrected chi connectivity index (χ2v) is 5.88. The topological polar surface area (TPSA) is 49.3 Å². The molecule has 100 valence electrons. The molecule has 1 aromatic carbocycles. The van der Waals surface area contributed by atoms with Crippen molar-refractivity contribution in [2.75, 3.05) is 6.54 Å². The Labute approximate surface area is 121 Å². The lowest BCUT2D eigenvalue weighted by molar-refractivity contribution is 0.0900. The highest BCUT2D eigenvalue weighted by atomic mass is 79.9. The minimum atomic E-state index is -0.514. The largest absolute Gasteiger partial charge is 0.391 e. The molecule has 3 nitrogen and oxygen atoms in total. The monoisotopic (exact) mass is 333 g/mol. The molecule has 1 aromatic rings. The first kappa shape index (κ1) is 15.5. The van der Waals surface area contributed by atoms with Crippen LogP contribution in [0.4, 0.5) is 0 Å². The van der Waals surface area contributed by atoms with Crippen LogP contribution in [-0.2, 0) is 0 Å². The Bertz CT molecular complexity index is 423. The molecule has 0 heterocycles. The van der Waals surface area contributed by atoms with Crippen LogP contribution in [-0.4, -0.2) is 23.7 Å². The predicted molar refractivity (Wildman–Crippen MR) is 76.9 cm³/mol. The molecule has 1 unspecified atom stereocenters. The molecule has 1 rings (SSSR count). The van der Waals surface area contributed by atoms with Gasteiger partial charge in [0.25, 0.3) is 5.91 Å². The van der Waals surface area contributed by atoms with Crippen molar-refractivity contribution in [1.82, 2.24) is 5.32 Å². The summed E-state index contributed by atoms with van der Waals surface area (Å²) in [7, 11) is 0. The van der Waals surface area contributed by atoms with Gasteiger partial charge < -0.3 is 10.4 Å². The summed E-state index contributed by atoms with van der Waals surface area (Å²) in [5.41, 5.74) is 0.486. The lowest BCUT2D eigenvalue weighted by Crippen LogP contribution is -2.32. The van der Waals surface area contributed by atoms with Gasteiger partial charge in [0.1, 0.15) is 0 Å². The summed E-state index contributed by atoms with van der Waals surface area (Å²) in [6.07, 6.45) is 0.154. The Kier molecular flexibility index (Phi) is 6.12. The van der Waals surface area contributed by atoms with E-state index < -0.39 is 6.10 Å². The fourth-order valence-corrected chi connectivity index (χ4v) is 2.00. The molecule has 0 saturated carbocycles. The summed E-state index contributed by atoms with van der Waals surface area (Å²) in [6.45, 7) is 4.31. The Morgan fingerprint density at radius 3 is 2.72 bits per heavy atom. The van der Waals surface area contributed by atoms with E-state index in [4.69, 9.17) is 11.6 Å². The Hall–Kier alpha value is -0.580. The highest BCUT2D eigenvalue weighted by Crippen LogP contribution is 2.23. The Balaban J connectivity index is 2.52. The lowest BCUT2D eigenvalue weighted by Gasteiger charge is -2.14. The van der Waals surface area contributed by atoms with Crippen molar-refractivity contribution in [3.63, 3.8) is 0 Å². The van der Waals surface area contributed by atoms with Crippen LogP contribution in [0.1, 0.15) is 30.6 Å². The normalized spacial score (nSPS) is 12.6. The lowest BCUT2D eigenvalue weighted by atomic mass is 10.1. The van der Waals surface area contributed by atoms with Gasteiger partial charge in [-0.15, -0.1) is 0 Å². The molecule has 0 aliphatic heterocycles. The van der Waals surface area contributed by atoms with Crippen LogP contribution in [0.5, 0.6) is 0 Å². The Morgan fingerprint density at radius 2 is 2.17 bits per heavy atom. The molecule has 0 aliphatic carbocycles. The number of benzene rings is 1. The van der Waals surface area contributed by atoms with Crippen LogP contribution in [0.3, 0.4) is 0 Å². The van der Waals surface area contributed by atoms with Crippen molar-refractivity contribution in [3.8, 4) is 0 Å². The molecular formula is C13H17BrClNO2. The van der Waals surface area contributed by atoms with Crippen molar-refractivity contribution in [3.05, 3.63) is 33.3 Å². The van der Waals surface area contributed by atoms with Crippen LogP contribution in [0.15, 0.2) is 22.7 Å².